The Morgan fingerprint density at radius 3 is 0.909 bits per heavy atom. The maximum absolute atomic E-state index is 12.9. The van der Waals surface area contributed by atoms with Crippen LogP contribution in [-0.2, 0) is 32.7 Å². The third kappa shape index (κ3) is 70.7. The van der Waals surface area contributed by atoms with Crippen LogP contribution in [0, 0.1) is 0 Å². The molecule has 0 spiro atoms. The van der Waals surface area contributed by atoms with Gasteiger partial charge in [-0.1, -0.05) is 294 Å². The molecule has 0 fully saturated rings. The highest BCUT2D eigenvalue weighted by Gasteiger charge is 2.22. The lowest BCUT2D eigenvalue weighted by molar-refractivity contribution is -0.870. The second-order valence-electron chi connectivity index (χ2n) is 24.1. The molecule has 0 aromatic carbocycles. The second-order valence-corrected chi connectivity index (χ2v) is 25.5. The van der Waals surface area contributed by atoms with Crippen LogP contribution in [0.5, 0.6) is 0 Å². The van der Waals surface area contributed by atoms with Gasteiger partial charge < -0.3 is 27.9 Å². The van der Waals surface area contributed by atoms with E-state index in [0.717, 1.165) is 141 Å². The molecule has 10 heteroatoms. The monoisotopic (exact) mass is 1240 g/mol. The van der Waals surface area contributed by atoms with Crippen LogP contribution in [-0.4, -0.2) is 70.0 Å². The Labute approximate surface area is 541 Å². The fourth-order valence-electron chi connectivity index (χ4n) is 9.23. The average molecular weight is 1240 g/mol. The van der Waals surface area contributed by atoms with Gasteiger partial charge in [0, 0.05) is 12.8 Å². The van der Waals surface area contributed by atoms with E-state index in [1.807, 2.05) is 21.1 Å². The predicted octanol–water partition coefficient (Wildman–Crippen LogP) is 22.5. The van der Waals surface area contributed by atoms with Crippen molar-refractivity contribution in [3.63, 3.8) is 0 Å². The average Bonchev–Trinajstić information content (AvgIpc) is 3.68. The van der Waals surface area contributed by atoms with E-state index in [-0.39, 0.29) is 26.1 Å². The number of phosphoric ester groups is 1. The smallest absolute Gasteiger partial charge is 0.306 e. The van der Waals surface area contributed by atoms with Gasteiger partial charge in [-0.2, -0.15) is 0 Å². The number of ether oxygens (including phenoxy) is 2. The summed E-state index contributed by atoms with van der Waals surface area (Å²) in [5.41, 5.74) is 0. The quantitative estimate of drug-likeness (QED) is 0.0195. The van der Waals surface area contributed by atoms with Crippen molar-refractivity contribution < 1.29 is 42.1 Å². The number of allylic oxidation sites excluding steroid dienone is 26. The van der Waals surface area contributed by atoms with Gasteiger partial charge in [-0.3, -0.25) is 14.2 Å². The Balaban J connectivity index is 4.07. The lowest BCUT2D eigenvalue weighted by Crippen LogP contribution is -2.37. The first-order chi connectivity index (χ1) is 43.0. The van der Waals surface area contributed by atoms with Gasteiger partial charge >= 0.3 is 11.9 Å². The molecule has 0 amide bonds. The van der Waals surface area contributed by atoms with Gasteiger partial charge in [0.15, 0.2) is 6.10 Å². The Hall–Kier alpha value is -4.37. The number of hydrogen-bond acceptors (Lipinski definition) is 8. The molecule has 9 nitrogen and oxygen atoms in total. The number of carbonyl (C=O) groups excluding carboxylic acids is 2. The van der Waals surface area contributed by atoms with Gasteiger partial charge in [0.25, 0.3) is 7.82 Å². The fourth-order valence-corrected chi connectivity index (χ4v) is 9.96. The number of nitrogens with zero attached hydrogens (tertiary/aromatic N) is 1. The molecule has 0 N–H and O–H groups in total. The van der Waals surface area contributed by atoms with Crippen LogP contribution < -0.4 is 4.89 Å². The number of rotatable bonds is 63. The molecule has 0 aromatic heterocycles. The summed E-state index contributed by atoms with van der Waals surface area (Å²) in [6.45, 7) is 3.99. The van der Waals surface area contributed by atoms with E-state index in [4.69, 9.17) is 18.5 Å². The highest BCUT2D eigenvalue weighted by atomic mass is 31.2. The van der Waals surface area contributed by atoms with Gasteiger partial charge in [0.05, 0.1) is 27.7 Å². The van der Waals surface area contributed by atoms with Crippen molar-refractivity contribution in [1.29, 1.82) is 0 Å². The standard InChI is InChI=1S/C78H130NO8P/c1-6-8-10-12-14-16-18-20-22-24-26-28-30-32-33-34-35-36-37-38-39-40-41-42-43-44-45-47-49-51-53-55-57-59-61-63-65-67-69-71-78(81)87-76(75-86-88(82,83)85-73-72-79(3,4)5)74-84-77(80)70-68-66-64-62-60-58-56-54-52-50-48-46-31-29-27-25-23-21-19-17-15-13-11-9-7-2/h8-11,14-17,20-23,26-29,32-33,35-36,38-39,46,48,52,54,76H,6-7,12-13,18-19,24-25,30-31,34,37,40-45,47,49-51,53,55-75H2,1-5H3/b10-8-,11-9-,16-14-,17-15-,22-20-,23-21-,28-26-,29-27-,33-32-,36-35-,39-38-,48-46-,54-52-. The first-order valence-electron chi connectivity index (χ1n) is 35.2. The molecule has 0 saturated heterocycles. The molecule has 0 rings (SSSR count). The van der Waals surface area contributed by atoms with E-state index in [1.165, 1.54) is 89.9 Å². The topological polar surface area (TPSA) is 111 Å². The van der Waals surface area contributed by atoms with Crippen molar-refractivity contribution in [2.45, 2.75) is 277 Å². The maximum Gasteiger partial charge on any atom is 0.306 e. The lowest BCUT2D eigenvalue weighted by Gasteiger charge is -2.28. The number of esters is 2. The van der Waals surface area contributed by atoms with Gasteiger partial charge in [-0.05, 0) is 122 Å². The zero-order chi connectivity index (χ0) is 64.1. The van der Waals surface area contributed by atoms with E-state index in [2.05, 4.69) is 172 Å². The molecule has 0 aliphatic heterocycles. The van der Waals surface area contributed by atoms with Gasteiger partial charge in [-0.15, -0.1) is 0 Å². The van der Waals surface area contributed by atoms with Crippen LogP contribution in [0.15, 0.2) is 158 Å². The summed E-state index contributed by atoms with van der Waals surface area (Å²) in [6, 6.07) is 0. The van der Waals surface area contributed by atoms with Crippen LogP contribution in [0.1, 0.15) is 271 Å². The highest BCUT2D eigenvalue weighted by Crippen LogP contribution is 2.38. The summed E-state index contributed by atoms with van der Waals surface area (Å²) in [7, 11) is 1.14. The zero-order valence-corrected chi connectivity index (χ0v) is 57.8. The Morgan fingerprint density at radius 1 is 0.352 bits per heavy atom. The molecule has 0 aliphatic rings. The number of likely N-dealkylation sites (N-methyl/N-ethyl adjacent to an activating group) is 1. The molecule has 0 aliphatic carbocycles. The van der Waals surface area contributed by atoms with E-state index in [0.29, 0.717) is 23.9 Å². The molecule has 500 valence electrons. The number of carbonyl (C=O) groups is 2. The predicted molar refractivity (Wildman–Crippen MR) is 378 cm³/mol. The number of hydrogen-bond donors (Lipinski definition) is 0. The number of quaternary nitrogens is 1. The Bertz CT molecular complexity index is 2040. The van der Waals surface area contributed by atoms with E-state index < -0.39 is 32.5 Å². The van der Waals surface area contributed by atoms with E-state index >= 15 is 0 Å². The summed E-state index contributed by atoms with van der Waals surface area (Å²) < 4.78 is 34.3. The molecule has 0 bridgehead atoms. The SMILES string of the molecule is CC/C=C\C/C=C\C/C=C\C/C=C\C/C=C\C/C=C\C/C=C\CCCCCCCCCCCCCCCCCCCC(=O)OC(COC(=O)CCCCCCCC/C=C\C/C=C\C/C=C\C/C=C\C/C=C\C/C=C\CC)COP(=O)([O-])OCC[N+](C)(C)C. The molecular formula is C78H130NO8P. The summed E-state index contributed by atoms with van der Waals surface area (Å²) in [5.74, 6) is -0.854. The molecule has 0 radical (unpaired) electrons. The van der Waals surface area contributed by atoms with Crippen molar-refractivity contribution in [1.82, 2.24) is 0 Å². The normalized spacial score (nSPS) is 14.1. The van der Waals surface area contributed by atoms with Crippen molar-refractivity contribution >= 4 is 19.8 Å². The van der Waals surface area contributed by atoms with Crippen molar-refractivity contribution in [2.75, 3.05) is 47.5 Å². The molecule has 0 saturated carbocycles. The van der Waals surface area contributed by atoms with Crippen LogP contribution in [0.3, 0.4) is 0 Å². The van der Waals surface area contributed by atoms with Crippen LogP contribution in [0.2, 0.25) is 0 Å². The Kier molecular flexibility index (Phi) is 63.7. The zero-order valence-electron chi connectivity index (χ0n) is 56.9. The van der Waals surface area contributed by atoms with Crippen LogP contribution >= 0.6 is 7.82 Å². The number of phosphoric acid groups is 1. The molecular weight excluding hydrogens is 1110 g/mol. The van der Waals surface area contributed by atoms with Crippen molar-refractivity contribution in [3.8, 4) is 0 Å². The van der Waals surface area contributed by atoms with E-state index in [1.54, 1.807) is 0 Å². The second kappa shape index (κ2) is 67.0. The van der Waals surface area contributed by atoms with Gasteiger partial charge in [0.2, 0.25) is 0 Å². The molecule has 88 heavy (non-hydrogen) atoms. The van der Waals surface area contributed by atoms with Crippen LogP contribution in [0.4, 0.5) is 0 Å². The van der Waals surface area contributed by atoms with E-state index in [9.17, 15) is 19.0 Å². The van der Waals surface area contributed by atoms with Crippen molar-refractivity contribution in [2.24, 2.45) is 0 Å². The van der Waals surface area contributed by atoms with Crippen LogP contribution in [0.25, 0.3) is 0 Å². The van der Waals surface area contributed by atoms with Gasteiger partial charge in [0.1, 0.15) is 19.8 Å². The summed E-state index contributed by atoms with van der Waals surface area (Å²) >= 11 is 0. The molecule has 0 heterocycles. The lowest BCUT2D eigenvalue weighted by atomic mass is 10.0. The largest absolute Gasteiger partial charge is 0.756 e. The summed E-state index contributed by atoms with van der Waals surface area (Å²) in [5, 5.41) is 0. The minimum Gasteiger partial charge on any atom is -0.756 e. The summed E-state index contributed by atoms with van der Waals surface area (Å²) in [6.07, 6.45) is 100. The minimum absolute atomic E-state index is 0.0401. The van der Waals surface area contributed by atoms with Crippen molar-refractivity contribution in [3.05, 3.63) is 158 Å². The minimum atomic E-state index is -4.66. The molecule has 0 aromatic rings. The Morgan fingerprint density at radius 2 is 0.614 bits per heavy atom. The summed E-state index contributed by atoms with van der Waals surface area (Å²) in [4.78, 5) is 38.1. The number of unbranched alkanes of at least 4 members (excludes halogenated alkanes) is 23. The third-order valence-corrected chi connectivity index (χ3v) is 15.5. The first-order valence-corrected chi connectivity index (χ1v) is 36.7. The first kappa shape index (κ1) is 83.6. The fraction of sp³-hybridized carbons (Fsp3) is 0.641. The molecule has 2 atom stereocenters. The molecule has 2 unspecified atom stereocenters. The van der Waals surface area contributed by atoms with Gasteiger partial charge in [-0.25, -0.2) is 0 Å². The highest BCUT2D eigenvalue weighted by molar-refractivity contribution is 7.45. The maximum atomic E-state index is 12.9. The third-order valence-electron chi connectivity index (χ3n) is 14.5.